The van der Waals surface area contributed by atoms with E-state index < -0.39 is 0 Å². The second-order valence-corrected chi connectivity index (χ2v) is 6.11. The van der Waals surface area contributed by atoms with Gasteiger partial charge in [-0.3, -0.25) is 0 Å². The fourth-order valence-electron chi connectivity index (χ4n) is 3.03. The Morgan fingerprint density at radius 2 is 2.15 bits per heavy atom. The van der Waals surface area contributed by atoms with E-state index in [1.807, 2.05) is 0 Å². The molecule has 0 aromatic heterocycles. The maximum absolute atomic E-state index is 5.94. The first-order valence-corrected chi connectivity index (χ1v) is 8.23. The van der Waals surface area contributed by atoms with Gasteiger partial charge in [0.05, 0.1) is 6.61 Å². The summed E-state index contributed by atoms with van der Waals surface area (Å²) in [4.78, 5) is 0. The van der Waals surface area contributed by atoms with E-state index in [1.54, 1.807) is 0 Å². The smallest absolute Gasteiger partial charge is 0.119 e. The molecule has 1 aliphatic carbocycles. The van der Waals surface area contributed by atoms with Crippen LogP contribution in [0.1, 0.15) is 63.6 Å². The number of nitrogens with one attached hydrogen (secondary N) is 1. The summed E-state index contributed by atoms with van der Waals surface area (Å²) < 4.78 is 5.94. The summed E-state index contributed by atoms with van der Waals surface area (Å²) in [5, 5.41) is 3.63. The molecule has 1 aliphatic rings. The zero-order chi connectivity index (χ0) is 14.4. The molecule has 1 aromatic rings. The highest BCUT2D eigenvalue weighted by atomic mass is 16.5. The molecule has 0 spiro atoms. The lowest BCUT2D eigenvalue weighted by Crippen LogP contribution is -2.19. The second-order valence-electron chi connectivity index (χ2n) is 6.11. The summed E-state index contributed by atoms with van der Waals surface area (Å²) in [5.41, 5.74) is 2.95. The van der Waals surface area contributed by atoms with Crippen molar-refractivity contribution in [1.29, 1.82) is 0 Å². The van der Waals surface area contributed by atoms with Crippen LogP contribution in [-0.2, 0) is 6.42 Å². The highest BCUT2D eigenvalue weighted by Crippen LogP contribution is 2.33. The molecule has 0 radical (unpaired) electrons. The van der Waals surface area contributed by atoms with Gasteiger partial charge in [0.2, 0.25) is 0 Å². The third-order valence-corrected chi connectivity index (χ3v) is 4.15. The van der Waals surface area contributed by atoms with Crippen LogP contribution >= 0.6 is 0 Å². The molecule has 112 valence electrons. The van der Waals surface area contributed by atoms with Crippen LogP contribution in [-0.4, -0.2) is 13.2 Å². The van der Waals surface area contributed by atoms with Gasteiger partial charge < -0.3 is 10.1 Å². The Labute approximate surface area is 123 Å². The van der Waals surface area contributed by atoms with E-state index in [9.17, 15) is 0 Å². The fraction of sp³-hybridized carbons (Fsp3) is 0.667. The van der Waals surface area contributed by atoms with Gasteiger partial charge in [-0.05, 0) is 61.4 Å². The molecule has 2 rings (SSSR count). The summed E-state index contributed by atoms with van der Waals surface area (Å²) in [5.74, 6) is 1.69. The van der Waals surface area contributed by atoms with Crippen molar-refractivity contribution in [2.75, 3.05) is 13.2 Å². The van der Waals surface area contributed by atoms with Crippen LogP contribution in [0.4, 0.5) is 0 Å². The van der Waals surface area contributed by atoms with E-state index >= 15 is 0 Å². The van der Waals surface area contributed by atoms with Gasteiger partial charge in [0.1, 0.15) is 5.75 Å². The number of hydrogen-bond acceptors (Lipinski definition) is 2. The molecule has 0 aliphatic heterocycles. The van der Waals surface area contributed by atoms with Crippen LogP contribution in [0.25, 0.3) is 0 Å². The largest absolute Gasteiger partial charge is 0.493 e. The Morgan fingerprint density at radius 1 is 1.30 bits per heavy atom. The zero-order valence-electron chi connectivity index (χ0n) is 13.2. The monoisotopic (exact) mass is 275 g/mol. The normalized spacial score (nSPS) is 18.9. The lowest BCUT2D eigenvalue weighted by Gasteiger charge is -2.15. The Kier molecular flexibility index (Phi) is 5.90. The van der Waals surface area contributed by atoms with Crippen LogP contribution in [0.15, 0.2) is 18.2 Å². The van der Waals surface area contributed by atoms with E-state index in [1.165, 1.54) is 43.2 Å². The molecule has 2 unspecified atom stereocenters. The van der Waals surface area contributed by atoms with Gasteiger partial charge in [0, 0.05) is 6.04 Å². The molecule has 0 bridgehead atoms. The third-order valence-electron chi connectivity index (χ3n) is 4.15. The maximum Gasteiger partial charge on any atom is 0.119 e. The van der Waals surface area contributed by atoms with Gasteiger partial charge >= 0.3 is 0 Å². The van der Waals surface area contributed by atoms with Gasteiger partial charge in [-0.1, -0.05) is 33.3 Å². The second kappa shape index (κ2) is 7.68. The fourth-order valence-corrected chi connectivity index (χ4v) is 3.03. The van der Waals surface area contributed by atoms with Crippen LogP contribution in [0.5, 0.6) is 5.75 Å². The van der Waals surface area contributed by atoms with Crippen molar-refractivity contribution in [1.82, 2.24) is 5.32 Å². The van der Waals surface area contributed by atoms with E-state index in [-0.39, 0.29) is 0 Å². The van der Waals surface area contributed by atoms with E-state index in [0.29, 0.717) is 12.0 Å². The first-order valence-electron chi connectivity index (χ1n) is 8.23. The predicted molar refractivity (Wildman–Crippen MR) is 85.4 cm³/mol. The minimum absolute atomic E-state index is 0.554. The highest BCUT2D eigenvalue weighted by molar-refractivity contribution is 5.40. The number of ether oxygens (including phenoxy) is 1. The Morgan fingerprint density at radius 3 is 2.90 bits per heavy atom. The molecule has 1 aromatic carbocycles. The standard InChI is InChI=1S/C18H29NO/c1-4-6-14(3)13-20-16-8-9-17-15(12-16)7-10-18(17)19-11-5-2/h8-9,12,14,18-19H,4-7,10-11,13H2,1-3H3. The van der Waals surface area contributed by atoms with Crippen molar-refractivity contribution in [3.05, 3.63) is 29.3 Å². The van der Waals surface area contributed by atoms with Gasteiger partial charge in [0.15, 0.2) is 0 Å². The van der Waals surface area contributed by atoms with Crippen molar-refractivity contribution in [3.63, 3.8) is 0 Å². The molecular formula is C18H29NO. The predicted octanol–water partition coefficient (Wildman–Crippen LogP) is 4.49. The SMILES string of the molecule is CCCNC1CCc2cc(OCC(C)CCC)ccc21. The molecule has 1 N–H and O–H groups in total. The van der Waals surface area contributed by atoms with Crippen molar-refractivity contribution < 1.29 is 4.74 Å². The van der Waals surface area contributed by atoms with Crippen molar-refractivity contribution >= 4 is 0 Å². The first-order chi connectivity index (χ1) is 9.74. The zero-order valence-corrected chi connectivity index (χ0v) is 13.2. The first kappa shape index (κ1) is 15.4. The summed E-state index contributed by atoms with van der Waals surface area (Å²) >= 11 is 0. The van der Waals surface area contributed by atoms with Crippen LogP contribution in [0.2, 0.25) is 0 Å². The average molecular weight is 275 g/mol. The Balaban J connectivity index is 1.92. The molecule has 0 heterocycles. The Hall–Kier alpha value is -1.02. The molecule has 20 heavy (non-hydrogen) atoms. The van der Waals surface area contributed by atoms with Crippen LogP contribution in [0, 0.1) is 5.92 Å². The summed E-state index contributed by atoms with van der Waals surface area (Å²) in [6.07, 6.45) is 6.08. The Bertz CT molecular complexity index is 416. The molecular weight excluding hydrogens is 246 g/mol. The number of fused-ring (bicyclic) bond motifs is 1. The lowest BCUT2D eigenvalue weighted by atomic mass is 10.1. The molecule has 0 saturated heterocycles. The molecule has 0 fully saturated rings. The molecule has 0 saturated carbocycles. The van der Waals surface area contributed by atoms with Crippen LogP contribution < -0.4 is 10.1 Å². The summed E-state index contributed by atoms with van der Waals surface area (Å²) in [6.45, 7) is 8.66. The minimum Gasteiger partial charge on any atom is -0.493 e. The topological polar surface area (TPSA) is 21.3 Å². The van der Waals surface area contributed by atoms with Gasteiger partial charge in [-0.15, -0.1) is 0 Å². The average Bonchev–Trinajstić information content (AvgIpc) is 2.85. The third kappa shape index (κ3) is 3.99. The quantitative estimate of drug-likeness (QED) is 0.755. The number of hydrogen-bond donors (Lipinski definition) is 1. The minimum atomic E-state index is 0.554. The number of rotatable bonds is 8. The van der Waals surface area contributed by atoms with Crippen LogP contribution in [0.3, 0.4) is 0 Å². The highest BCUT2D eigenvalue weighted by Gasteiger charge is 2.22. The maximum atomic E-state index is 5.94. The van der Waals surface area contributed by atoms with Crippen molar-refractivity contribution in [2.24, 2.45) is 5.92 Å². The van der Waals surface area contributed by atoms with Gasteiger partial charge in [-0.25, -0.2) is 0 Å². The van der Waals surface area contributed by atoms with Crippen molar-refractivity contribution in [3.8, 4) is 5.75 Å². The molecule has 0 amide bonds. The lowest BCUT2D eigenvalue weighted by molar-refractivity contribution is 0.251. The van der Waals surface area contributed by atoms with Gasteiger partial charge in [-0.2, -0.15) is 0 Å². The van der Waals surface area contributed by atoms with E-state index in [4.69, 9.17) is 4.74 Å². The van der Waals surface area contributed by atoms with E-state index in [2.05, 4.69) is 44.3 Å². The van der Waals surface area contributed by atoms with E-state index in [0.717, 1.165) is 18.9 Å². The molecule has 2 heteroatoms. The summed E-state index contributed by atoms with van der Waals surface area (Å²) in [7, 11) is 0. The number of aryl methyl sites for hydroxylation is 1. The number of benzene rings is 1. The summed E-state index contributed by atoms with van der Waals surface area (Å²) in [6, 6.07) is 7.21. The molecule has 2 nitrogen and oxygen atoms in total. The van der Waals surface area contributed by atoms with Crippen molar-refractivity contribution in [2.45, 2.75) is 58.9 Å². The van der Waals surface area contributed by atoms with Gasteiger partial charge in [0.25, 0.3) is 0 Å². The molecule has 2 atom stereocenters.